The van der Waals surface area contributed by atoms with Crippen LogP contribution >= 0.6 is 0 Å². The van der Waals surface area contributed by atoms with E-state index in [-0.39, 0.29) is 12.5 Å². The molecule has 0 fully saturated rings. The Morgan fingerprint density at radius 2 is 2.03 bits per heavy atom. The second-order valence-electron chi connectivity index (χ2n) is 6.73. The molecule has 0 aliphatic carbocycles. The zero-order chi connectivity index (χ0) is 20.4. The molecule has 0 atom stereocenters. The van der Waals surface area contributed by atoms with E-state index in [4.69, 9.17) is 10.00 Å². The van der Waals surface area contributed by atoms with Gasteiger partial charge in [-0.1, -0.05) is 24.3 Å². The lowest BCUT2D eigenvalue weighted by Crippen LogP contribution is -2.28. The van der Waals surface area contributed by atoms with E-state index in [1.54, 1.807) is 37.4 Å². The molecule has 4 rings (SSSR count). The zero-order valence-corrected chi connectivity index (χ0v) is 15.9. The number of nitriles is 1. The van der Waals surface area contributed by atoms with Gasteiger partial charge in [-0.3, -0.25) is 4.79 Å². The second-order valence-corrected chi connectivity index (χ2v) is 6.73. The second kappa shape index (κ2) is 7.64. The fourth-order valence-corrected chi connectivity index (χ4v) is 3.62. The summed E-state index contributed by atoms with van der Waals surface area (Å²) in [7, 11) is 0. The van der Waals surface area contributed by atoms with Crippen molar-refractivity contribution in [3.8, 4) is 6.07 Å². The Morgan fingerprint density at radius 1 is 1.21 bits per heavy atom. The summed E-state index contributed by atoms with van der Waals surface area (Å²) in [6.07, 6.45) is 2.14. The molecular weight excluding hydrogens is 366 g/mol. The number of hydrogen-bond acceptors (Lipinski definition) is 4. The summed E-state index contributed by atoms with van der Waals surface area (Å²) in [5, 5.41) is 10.1. The number of amides is 1. The first kappa shape index (κ1) is 18.5. The first-order valence-corrected chi connectivity index (χ1v) is 9.42. The molecule has 29 heavy (non-hydrogen) atoms. The van der Waals surface area contributed by atoms with Crippen molar-refractivity contribution in [2.45, 2.75) is 13.3 Å². The number of esters is 1. The van der Waals surface area contributed by atoms with Gasteiger partial charge in [-0.25, -0.2) is 4.79 Å². The summed E-state index contributed by atoms with van der Waals surface area (Å²) in [5.74, 6) is -0.746. The van der Waals surface area contributed by atoms with Crippen molar-refractivity contribution >= 4 is 28.4 Å². The van der Waals surface area contributed by atoms with E-state index < -0.39 is 5.97 Å². The standard InChI is InChI=1S/C23H19N3O3/c1-2-29-23(28)19-14-26(22(27)16-7-5-6-15(12-16)13-24)11-10-18-17-8-3-4-9-20(17)25-21(18)19/h3-9,12,14,25H,2,10-11H2,1H3. The molecule has 0 radical (unpaired) electrons. The van der Waals surface area contributed by atoms with Crippen LogP contribution in [0.4, 0.5) is 0 Å². The average Bonchev–Trinajstić information content (AvgIpc) is 3.01. The van der Waals surface area contributed by atoms with Crippen LogP contribution in [0, 0.1) is 11.3 Å². The van der Waals surface area contributed by atoms with Crippen LogP contribution < -0.4 is 0 Å². The average molecular weight is 385 g/mol. The van der Waals surface area contributed by atoms with Crippen molar-refractivity contribution in [1.82, 2.24) is 9.88 Å². The molecule has 6 nitrogen and oxygen atoms in total. The Morgan fingerprint density at radius 3 is 2.83 bits per heavy atom. The molecule has 0 unspecified atom stereocenters. The van der Waals surface area contributed by atoms with Gasteiger partial charge in [-0.2, -0.15) is 5.26 Å². The molecule has 1 aliphatic heterocycles. The largest absolute Gasteiger partial charge is 0.462 e. The highest BCUT2D eigenvalue weighted by molar-refractivity contribution is 6.18. The number of nitrogens with one attached hydrogen (secondary N) is 1. The number of carbonyl (C=O) groups excluding carboxylic acids is 2. The van der Waals surface area contributed by atoms with Gasteiger partial charge < -0.3 is 14.6 Å². The third-order valence-electron chi connectivity index (χ3n) is 4.97. The number of hydrogen-bond donors (Lipinski definition) is 1. The van der Waals surface area contributed by atoms with Gasteiger partial charge in [0.1, 0.15) is 0 Å². The van der Waals surface area contributed by atoms with Crippen molar-refractivity contribution in [2.24, 2.45) is 0 Å². The highest BCUT2D eigenvalue weighted by Crippen LogP contribution is 2.31. The van der Waals surface area contributed by atoms with Crippen LogP contribution in [-0.4, -0.2) is 34.9 Å². The van der Waals surface area contributed by atoms with Crippen molar-refractivity contribution < 1.29 is 14.3 Å². The molecule has 1 N–H and O–H groups in total. The summed E-state index contributed by atoms with van der Waals surface area (Å²) in [5.41, 5.74) is 3.75. The lowest BCUT2D eigenvalue weighted by atomic mass is 10.0. The van der Waals surface area contributed by atoms with Crippen LogP contribution in [0.3, 0.4) is 0 Å². The number of nitrogens with zero attached hydrogens (tertiary/aromatic N) is 2. The van der Waals surface area contributed by atoms with Gasteiger partial charge in [0.25, 0.3) is 5.91 Å². The lowest BCUT2D eigenvalue weighted by molar-refractivity contribution is -0.136. The summed E-state index contributed by atoms with van der Waals surface area (Å²) >= 11 is 0. The van der Waals surface area contributed by atoms with Crippen molar-refractivity contribution in [1.29, 1.82) is 5.26 Å². The Kier molecular flexibility index (Phi) is 4.88. The SMILES string of the molecule is CCOC(=O)C1=CN(C(=O)c2cccc(C#N)c2)CCc2c1[nH]c1ccccc21. The minimum Gasteiger partial charge on any atom is -0.462 e. The van der Waals surface area contributed by atoms with Gasteiger partial charge in [0.05, 0.1) is 29.5 Å². The summed E-state index contributed by atoms with van der Waals surface area (Å²) in [6.45, 7) is 2.40. The fourth-order valence-electron chi connectivity index (χ4n) is 3.62. The fraction of sp³-hybridized carbons (Fsp3) is 0.174. The minimum atomic E-state index is -0.481. The lowest BCUT2D eigenvalue weighted by Gasteiger charge is -2.18. The minimum absolute atomic E-state index is 0.240. The van der Waals surface area contributed by atoms with Crippen molar-refractivity contribution in [3.63, 3.8) is 0 Å². The third kappa shape index (κ3) is 3.39. The van der Waals surface area contributed by atoms with Gasteiger partial charge in [-0.15, -0.1) is 0 Å². The number of aromatic nitrogens is 1. The zero-order valence-electron chi connectivity index (χ0n) is 15.9. The van der Waals surface area contributed by atoms with Crippen LogP contribution in [0.15, 0.2) is 54.7 Å². The molecule has 0 spiro atoms. The molecule has 1 amide bonds. The van der Waals surface area contributed by atoms with E-state index in [1.807, 2.05) is 30.3 Å². The molecule has 0 bridgehead atoms. The van der Waals surface area contributed by atoms with Crippen LogP contribution in [0.5, 0.6) is 0 Å². The first-order valence-electron chi connectivity index (χ1n) is 9.42. The van der Waals surface area contributed by atoms with Gasteiger partial charge in [-0.05, 0) is 43.2 Å². The maximum absolute atomic E-state index is 13.1. The smallest absolute Gasteiger partial charge is 0.341 e. The van der Waals surface area contributed by atoms with Gasteiger partial charge in [0.2, 0.25) is 0 Å². The normalized spacial score (nSPS) is 13.2. The number of ether oxygens (including phenoxy) is 1. The monoisotopic (exact) mass is 385 g/mol. The maximum atomic E-state index is 13.1. The van der Waals surface area contributed by atoms with Crippen molar-refractivity contribution in [2.75, 3.05) is 13.2 Å². The Balaban J connectivity index is 1.79. The number of H-pyrrole nitrogens is 1. The maximum Gasteiger partial charge on any atom is 0.341 e. The molecule has 2 aromatic carbocycles. The van der Waals surface area contributed by atoms with E-state index in [2.05, 4.69) is 4.98 Å². The van der Waals surface area contributed by atoms with Gasteiger partial charge >= 0.3 is 5.97 Å². The predicted octanol–water partition coefficient (Wildman–Crippen LogP) is 3.64. The molecule has 6 heteroatoms. The Bertz CT molecular complexity index is 1180. The Hall–Kier alpha value is -3.85. The molecule has 3 aromatic rings. The van der Waals surface area contributed by atoms with Crippen LogP contribution in [0.1, 0.15) is 34.1 Å². The van der Waals surface area contributed by atoms with E-state index in [9.17, 15) is 9.59 Å². The highest BCUT2D eigenvalue weighted by Gasteiger charge is 2.27. The number of benzene rings is 2. The van der Waals surface area contributed by atoms with Crippen LogP contribution in [0.25, 0.3) is 16.5 Å². The molecule has 1 aromatic heterocycles. The topological polar surface area (TPSA) is 86.2 Å². The van der Waals surface area contributed by atoms with Gasteiger partial charge in [0.15, 0.2) is 0 Å². The van der Waals surface area contributed by atoms with E-state index in [1.165, 1.54) is 4.90 Å². The molecular formula is C23H19N3O3. The van der Waals surface area contributed by atoms with E-state index in [0.29, 0.717) is 35.4 Å². The molecule has 0 saturated carbocycles. The van der Waals surface area contributed by atoms with Crippen LogP contribution in [0.2, 0.25) is 0 Å². The molecule has 144 valence electrons. The Labute approximate surface area is 168 Å². The first-order chi connectivity index (χ1) is 14.1. The summed E-state index contributed by atoms with van der Waals surface area (Å²) in [6, 6.07) is 16.4. The van der Waals surface area contributed by atoms with Gasteiger partial charge in [0, 0.05) is 29.2 Å². The summed E-state index contributed by atoms with van der Waals surface area (Å²) < 4.78 is 5.25. The number of para-hydroxylation sites is 1. The molecule has 0 saturated heterocycles. The van der Waals surface area contributed by atoms with E-state index in [0.717, 1.165) is 16.5 Å². The number of aromatic amines is 1. The molecule has 2 heterocycles. The predicted molar refractivity (Wildman–Crippen MR) is 109 cm³/mol. The number of fused-ring (bicyclic) bond motifs is 3. The van der Waals surface area contributed by atoms with Crippen LogP contribution in [-0.2, 0) is 16.0 Å². The van der Waals surface area contributed by atoms with Crippen molar-refractivity contribution in [3.05, 3.63) is 77.1 Å². The highest BCUT2D eigenvalue weighted by atomic mass is 16.5. The van der Waals surface area contributed by atoms with E-state index >= 15 is 0 Å². The quantitative estimate of drug-likeness (QED) is 0.698. The summed E-state index contributed by atoms with van der Waals surface area (Å²) in [4.78, 5) is 30.6. The number of carbonyl (C=O) groups is 2. The molecule has 1 aliphatic rings. The third-order valence-corrected chi connectivity index (χ3v) is 4.97. The number of rotatable bonds is 3.